The summed E-state index contributed by atoms with van der Waals surface area (Å²) < 4.78 is 6.19. The molecular formula is C19H18N2O3S. The molecule has 0 atom stereocenters. The molecular weight excluding hydrogens is 336 g/mol. The van der Waals surface area contributed by atoms with Gasteiger partial charge in [-0.1, -0.05) is 30.3 Å². The topological polar surface area (TPSA) is 59.5 Å². The van der Waals surface area contributed by atoms with E-state index in [0.717, 1.165) is 20.9 Å². The lowest BCUT2D eigenvalue weighted by molar-refractivity contribution is -0.147. The Morgan fingerprint density at radius 3 is 2.56 bits per heavy atom. The van der Waals surface area contributed by atoms with Crippen molar-refractivity contribution in [2.75, 3.05) is 18.6 Å². The number of esters is 1. The SMILES string of the molecule is CN(C(=O)COC(=O)CCc1nc2ccccc2s1)c1ccccc1. The summed E-state index contributed by atoms with van der Waals surface area (Å²) in [6, 6.07) is 17.1. The number of rotatable bonds is 6. The van der Waals surface area contributed by atoms with Gasteiger partial charge in [0, 0.05) is 19.2 Å². The number of anilines is 1. The van der Waals surface area contributed by atoms with Gasteiger partial charge < -0.3 is 9.64 Å². The number of aromatic nitrogens is 1. The van der Waals surface area contributed by atoms with Crippen LogP contribution in [-0.4, -0.2) is 30.5 Å². The van der Waals surface area contributed by atoms with Crippen molar-refractivity contribution in [3.05, 3.63) is 59.6 Å². The van der Waals surface area contributed by atoms with Gasteiger partial charge in [0.2, 0.25) is 0 Å². The average Bonchev–Trinajstić information content (AvgIpc) is 3.07. The highest BCUT2D eigenvalue weighted by molar-refractivity contribution is 7.18. The molecule has 0 fully saturated rings. The fourth-order valence-corrected chi connectivity index (χ4v) is 3.31. The molecule has 0 unspecified atom stereocenters. The Morgan fingerprint density at radius 2 is 1.80 bits per heavy atom. The van der Waals surface area contributed by atoms with Gasteiger partial charge in [0.15, 0.2) is 6.61 Å². The second kappa shape index (κ2) is 7.90. The third kappa shape index (κ3) is 4.42. The molecule has 2 aromatic carbocycles. The largest absolute Gasteiger partial charge is 0.456 e. The van der Waals surface area contributed by atoms with Crippen molar-refractivity contribution >= 4 is 39.1 Å². The number of carbonyl (C=O) groups is 2. The zero-order valence-electron chi connectivity index (χ0n) is 13.8. The summed E-state index contributed by atoms with van der Waals surface area (Å²) >= 11 is 1.57. The predicted molar refractivity (Wildman–Crippen MR) is 98.8 cm³/mol. The smallest absolute Gasteiger partial charge is 0.306 e. The number of thiazole rings is 1. The molecule has 1 aromatic heterocycles. The lowest BCUT2D eigenvalue weighted by atomic mass is 10.3. The van der Waals surface area contributed by atoms with Crippen LogP contribution in [0.25, 0.3) is 10.2 Å². The molecule has 3 aromatic rings. The van der Waals surface area contributed by atoms with Gasteiger partial charge in [-0.25, -0.2) is 4.98 Å². The monoisotopic (exact) mass is 354 g/mol. The number of fused-ring (bicyclic) bond motifs is 1. The van der Waals surface area contributed by atoms with E-state index in [4.69, 9.17) is 4.74 Å². The van der Waals surface area contributed by atoms with Crippen molar-refractivity contribution in [2.24, 2.45) is 0 Å². The van der Waals surface area contributed by atoms with Crippen LogP contribution in [0.4, 0.5) is 5.69 Å². The second-order valence-corrected chi connectivity index (χ2v) is 6.64. The summed E-state index contributed by atoms with van der Waals surface area (Å²) in [5.74, 6) is -0.659. The quantitative estimate of drug-likeness (QED) is 0.636. The van der Waals surface area contributed by atoms with Crippen molar-refractivity contribution in [1.82, 2.24) is 4.98 Å². The van der Waals surface area contributed by atoms with Crippen molar-refractivity contribution in [3.8, 4) is 0 Å². The van der Waals surface area contributed by atoms with Crippen LogP contribution in [0.15, 0.2) is 54.6 Å². The van der Waals surface area contributed by atoms with Crippen molar-refractivity contribution in [2.45, 2.75) is 12.8 Å². The first-order valence-electron chi connectivity index (χ1n) is 7.95. The van der Waals surface area contributed by atoms with Crippen LogP contribution < -0.4 is 4.90 Å². The molecule has 0 aliphatic carbocycles. The van der Waals surface area contributed by atoms with Crippen molar-refractivity contribution < 1.29 is 14.3 Å². The van der Waals surface area contributed by atoms with Gasteiger partial charge in [-0.05, 0) is 24.3 Å². The Bertz CT molecular complexity index is 844. The van der Waals surface area contributed by atoms with Gasteiger partial charge >= 0.3 is 5.97 Å². The number of benzene rings is 2. The van der Waals surface area contributed by atoms with Gasteiger partial charge in [0.1, 0.15) is 0 Å². The predicted octanol–water partition coefficient (Wildman–Crippen LogP) is 3.44. The minimum absolute atomic E-state index is 0.210. The number of hydrogen-bond donors (Lipinski definition) is 0. The summed E-state index contributed by atoms with van der Waals surface area (Å²) in [6.45, 7) is -0.260. The summed E-state index contributed by atoms with van der Waals surface area (Å²) in [7, 11) is 1.66. The van der Waals surface area contributed by atoms with E-state index in [1.807, 2.05) is 54.6 Å². The average molecular weight is 354 g/mol. The number of hydrogen-bond acceptors (Lipinski definition) is 5. The summed E-state index contributed by atoms with van der Waals surface area (Å²) in [5, 5.41) is 0.894. The zero-order valence-corrected chi connectivity index (χ0v) is 14.7. The molecule has 0 saturated heterocycles. The number of likely N-dealkylation sites (N-methyl/N-ethyl adjacent to an activating group) is 1. The molecule has 1 amide bonds. The Morgan fingerprint density at radius 1 is 1.08 bits per heavy atom. The van der Waals surface area contributed by atoms with E-state index in [2.05, 4.69) is 4.98 Å². The molecule has 1 heterocycles. The number of ether oxygens (including phenoxy) is 1. The van der Waals surface area contributed by atoms with Crippen molar-refractivity contribution in [3.63, 3.8) is 0 Å². The molecule has 0 N–H and O–H groups in total. The van der Waals surface area contributed by atoms with Gasteiger partial charge in [0.05, 0.1) is 21.6 Å². The third-order valence-electron chi connectivity index (χ3n) is 3.76. The van der Waals surface area contributed by atoms with Gasteiger partial charge in [0.25, 0.3) is 5.91 Å². The van der Waals surface area contributed by atoms with E-state index in [0.29, 0.717) is 6.42 Å². The molecule has 0 radical (unpaired) electrons. The van der Waals surface area contributed by atoms with E-state index in [-0.39, 0.29) is 18.9 Å². The number of carbonyl (C=O) groups excluding carboxylic acids is 2. The molecule has 128 valence electrons. The number of aryl methyl sites for hydroxylation is 1. The molecule has 3 rings (SSSR count). The third-order valence-corrected chi connectivity index (χ3v) is 4.85. The first-order valence-corrected chi connectivity index (χ1v) is 8.77. The molecule has 0 aliphatic heterocycles. The summed E-state index contributed by atoms with van der Waals surface area (Å²) in [5.41, 5.74) is 1.70. The molecule has 0 saturated carbocycles. The Hall–Kier alpha value is -2.73. The standard InChI is InChI=1S/C19H18N2O3S/c1-21(14-7-3-2-4-8-14)18(22)13-24-19(23)12-11-17-20-15-9-5-6-10-16(15)25-17/h2-10H,11-13H2,1H3. The lowest BCUT2D eigenvalue weighted by Crippen LogP contribution is -2.31. The van der Waals surface area contributed by atoms with Gasteiger partial charge in [-0.2, -0.15) is 0 Å². The lowest BCUT2D eigenvalue weighted by Gasteiger charge is -2.16. The number of amides is 1. The van der Waals surface area contributed by atoms with E-state index in [9.17, 15) is 9.59 Å². The summed E-state index contributed by atoms with van der Waals surface area (Å²) in [4.78, 5) is 29.9. The molecule has 5 nitrogen and oxygen atoms in total. The highest BCUT2D eigenvalue weighted by Gasteiger charge is 2.14. The first kappa shape index (κ1) is 17.1. The maximum Gasteiger partial charge on any atom is 0.306 e. The van der Waals surface area contributed by atoms with Crippen LogP contribution in [0.1, 0.15) is 11.4 Å². The first-order chi connectivity index (χ1) is 12.1. The molecule has 25 heavy (non-hydrogen) atoms. The van der Waals surface area contributed by atoms with E-state index < -0.39 is 5.97 Å². The van der Waals surface area contributed by atoms with Crippen molar-refractivity contribution in [1.29, 1.82) is 0 Å². The van der Waals surface area contributed by atoms with E-state index in [1.165, 1.54) is 4.90 Å². The Kier molecular flexibility index (Phi) is 5.40. The maximum atomic E-state index is 12.1. The highest BCUT2D eigenvalue weighted by atomic mass is 32.1. The summed E-state index contributed by atoms with van der Waals surface area (Å²) in [6.07, 6.45) is 0.725. The van der Waals surface area contributed by atoms with Crippen LogP contribution in [0.5, 0.6) is 0 Å². The normalized spacial score (nSPS) is 10.6. The second-order valence-electron chi connectivity index (χ2n) is 5.52. The minimum Gasteiger partial charge on any atom is -0.456 e. The van der Waals surface area contributed by atoms with Crippen LogP contribution in [0.2, 0.25) is 0 Å². The zero-order chi connectivity index (χ0) is 17.6. The molecule has 6 heteroatoms. The molecule has 0 bridgehead atoms. The molecule has 0 aliphatic rings. The minimum atomic E-state index is -0.394. The van der Waals surface area contributed by atoms with Crippen LogP contribution in [0.3, 0.4) is 0 Å². The fraction of sp³-hybridized carbons (Fsp3) is 0.211. The molecule has 0 spiro atoms. The highest BCUT2D eigenvalue weighted by Crippen LogP contribution is 2.22. The Labute approximate surface area is 149 Å². The van der Waals surface area contributed by atoms with Crippen LogP contribution in [-0.2, 0) is 20.7 Å². The number of nitrogens with zero attached hydrogens (tertiary/aromatic N) is 2. The fourth-order valence-electron chi connectivity index (χ4n) is 2.34. The Balaban J connectivity index is 1.47. The van der Waals surface area contributed by atoms with Crippen LogP contribution >= 0.6 is 11.3 Å². The number of para-hydroxylation sites is 2. The van der Waals surface area contributed by atoms with Gasteiger partial charge in [-0.3, -0.25) is 9.59 Å². The van der Waals surface area contributed by atoms with E-state index in [1.54, 1.807) is 18.4 Å². The van der Waals surface area contributed by atoms with Gasteiger partial charge in [-0.15, -0.1) is 11.3 Å². The maximum absolute atomic E-state index is 12.1. The van der Waals surface area contributed by atoms with Crippen LogP contribution in [0, 0.1) is 0 Å². The van der Waals surface area contributed by atoms with E-state index >= 15 is 0 Å².